The normalized spacial score (nSPS) is 10.2. The van der Waals surface area contributed by atoms with Crippen LogP contribution in [0.3, 0.4) is 0 Å². The van der Waals surface area contributed by atoms with E-state index in [0.29, 0.717) is 5.05 Å². The molecule has 0 bridgehead atoms. The molecule has 0 amide bonds. The molecule has 0 aromatic rings. The fraction of sp³-hybridized carbons (Fsp3) is 0.800. The van der Waals surface area contributed by atoms with Crippen molar-refractivity contribution in [1.82, 2.24) is 0 Å². The van der Waals surface area contributed by atoms with Gasteiger partial charge in [-0.05, 0) is 12.2 Å². The van der Waals surface area contributed by atoms with Crippen molar-refractivity contribution in [3.63, 3.8) is 0 Å². The second-order valence-corrected chi connectivity index (χ2v) is 5.18. The first-order valence-corrected chi connectivity index (χ1v) is 5.47. The van der Waals surface area contributed by atoms with Gasteiger partial charge in [0.25, 0.3) is 0 Å². The molecule has 0 aliphatic carbocycles. The fourth-order valence-corrected chi connectivity index (χ4v) is 1.74. The molecule has 6 heteroatoms. The summed E-state index contributed by atoms with van der Waals surface area (Å²) in [7, 11) is 0.698. The molecule has 0 spiro atoms. The predicted molar refractivity (Wildman–Crippen MR) is 52.1 cm³/mol. The molecule has 0 rings (SSSR count). The Kier molecular flexibility index (Phi) is 7.95. The average molecular weight is 188 g/mol. The molecule has 0 fully saturated rings. The van der Waals surface area contributed by atoms with E-state index in [0.717, 1.165) is 0 Å². The molecule has 0 unspecified atom stereocenters. The maximum atomic E-state index is 5.16. The maximum absolute atomic E-state index is 5.16. The molecule has 0 atom stereocenters. The Balaban J connectivity index is 0. The molecule has 0 aliphatic heterocycles. The SMILES string of the molecule is CO[Si](C)(OC)OC(C)=S.[LiH]. The Hall–Kier alpha value is 0.624. The summed E-state index contributed by atoms with van der Waals surface area (Å²) in [6.45, 7) is 3.47. The van der Waals surface area contributed by atoms with Gasteiger partial charge in [0.1, 0.15) is 5.05 Å². The van der Waals surface area contributed by atoms with Gasteiger partial charge in [-0.1, -0.05) is 0 Å². The molecule has 0 saturated heterocycles. The first-order chi connectivity index (χ1) is 4.54. The summed E-state index contributed by atoms with van der Waals surface area (Å²) in [5.74, 6) is 0. The fourth-order valence-electron chi connectivity index (χ4n) is 0.428. The number of thiocarbonyl (C=S) groups is 1. The third-order valence-corrected chi connectivity index (χ3v) is 3.46. The Bertz CT molecular complexity index is 129. The van der Waals surface area contributed by atoms with Crippen molar-refractivity contribution in [2.24, 2.45) is 0 Å². The topological polar surface area (TPSA) is 27.7 Å². The molecule has 11 heavy (non-hydrogen) atoms. The summed E-state index contributed by atoms with van der Waals surface area (Å²) in [4.78, 5) is 0. The standard InChI is InChI=1S/C5H12O3SSi.Li.H/c1-5(9)8-10(4,6-2)7-3;;/h1-4H3;;. The third kappa shape index (κ3) is 5.85. The van der Waals surface area contributed by atoms with E-state index in [1.54, 1.807) is 27.7 Å². The number of hydrogen-bond donors (Lipinski definition) is 0. The van der Waals surface area contributed by atoms with Crippen molar-refractivity contribution in [2.75, 3.05) is 14.2 Å². The van der Waals surface area contributed by atoms with E-state index in [9.17, 15) is 0 Å². The van der Waals surface area contributed by atoms with Crippen molar-refractivity contribution >= 4 is 44.9 Å². The molecule has 0 aromatic carbocycles. The minimum absolute atomic E-state index is 0. The molecule has 0 saturated carbocycles. The second-order valence-electron chi connectivity index (χ2n) is 1.86. The predicted octanol–water partition coefficient (Wildman–Crippen LogP) is 0.563. The molecule has 3 nitrogen and oxygen atoms in total. The zero-order chi connectivity index (χ0) is 8.20. The molecule has 0 aromatic heterocycles. The molecular formula is C5H13LiO3SSi. The molecular weight excluding hydrogens is 175 g/mol. The molecule has 0 N–H and O–H groups in total. The van der Waals surface area contributed by atoms with Gasteiger partial charge >= 0.3 is 27.7 Å². The van der Waals surface area contributed by atoms with Gasteiger partial charge in [-0.2, -0.15) is 0 Å². The van der Waals surface area contributed by atoms with Crippen molar-refractivity contribution in [2.45, 2.75) is 13.5 Å². The van der Waals surface area contributed by atoms with Gasteiger partial charge in [0.2, 0.25) is 0 Å². The monoisotopic (exact) mass is 188 g/mol. The van der Waals surface area contributed by atoms with Crippen LogP contribution in [0.2, 0.25) is 6.55 Å². The van der Waals surface area contributed by atoms with Crippen molar-refractivity contribution in [3.05, 3.63) is 0 Å². The Morgan fingerprint density at radius 2 is 1.64 bits per heavy atom. The van der Waals surface area contributed by atoms with Crippen LogP contribution in [0, 0.1) is 0 Å². The van der Waals surface area contributed by atoms with Gasteiger partial charge in [0.15, 0.2) is 0 Å². The van der Waals surface area contributed by atoms with Gasteiger partial charge in [-0.15, -0.1) is 0 Å². The Morgan fingerprint density at radius 3 is 1.73 bits per heavy atom. The minimum atomic E-state index is -2.40. The van der Waals surface area contributed by atoms with E-state index in [-0.39, 0.29) is 18.9 Å². The van der Waals surface area contributed by atoms with Gasteiger partial charge in [-0.3, -0.25) is 0 Å². The summed E-state index contributed by atoms with van der Waals surface area (Å²) in [6.07, 6.45) is 0. The Labute approximate surface area is 85.9 Å². The molecule has 62 valence electrons. The zero-order valence-electron chi connectivity index (χ0n) is 6.63. The van der Waals surface area contributed by atoms with Crippen LogP contribution in [0.25, 0.3) is 0 Å². The van der Waals surface area contributed by atoms with Crippen LogP contribution in [-0.2, 0) is 13.3 Å². The first kappa shape index (κ1) is 14.2. The van der Waals surface area contributed by atoms with Crippen LogP contribution >= 0.6 is 12.2 Å². The van der Waals surface area contributed by atoms with Gasteiger partial charge in [-0.25, -0.2) is 0 Å². The van der Waals surface area contributed by atoms with E-state index in [1.807, 2.05) is 0 Å². The van der Waals surface area contributed by atoms with E-state index in [2.05, 4.69) is 0 Å². The third-order valence-electron chi connectivity index (χ3n) is 1.07. The molecule has 0 aliphatic rings. The first-order valence-electron chi connectivity index (χ1n) is 2.84. The summed E-state index contributed by atoms with van der Waals surface area (Å²) < 4.78 is 15.2. The quantitative estimate of drug-likeness (QED) is 0.478. The summed E-state index contributed by atoms with van der Waals surface area (Å²) in [5.41, 5.74) is 0. The van der Waals surface area contributed by atoms with Crippen molar-refractivity contribution < 1.29 is 13.3 Å². The van der Waals surface area contributed by atoms with Gasteiger partial charge in [0.05, 0.1) is 0 Å². The Morgan fingerprint density at radius 1 is 1.27 bits per heavy atom. The van der Waals surface area contributed by atoms with Crippen molar-refractivity contribution in [3.8, 4) is 0 Å². The second kappa shape index (κ2) is 6.17. The summed E-state index contributed by atoms with van der Waals surface area (Å²) in [6, 6.07) is 0. The number of hydrogen-bond acceptors (Lipinski definition) is 4. The van der Waals surface area contributed by atoms with Crippen LogP contribution in [0.5, 0.6) is 0 Å². The van der Waals surface area contributed by atoms with E-state index >= 15 is 0 Å². The van der Waals surface area contributed by atoms with E-state index < -0.39 is 8.80 Å². The summed E-state index contributed by atoms with van der Waals surface area (Å²) >= 11 is 4.73. The van der Waals surface area contributed by atoms with Crippen LogP contribution < -0.4 is 0 Å². The zero-order valence-corrected chi connectivity index (χ0v) is 8.45. The number of rotatable bonds is 3. The van der Waals surface area contributed by atoms with Gasteiger partial charge < -0.3 is 13.3 Å². The van der Waals surface area contributed by atoms with Crippen LogP contribution in [0.15, 0.2) is 0 Å². The molecule has 0 heterocycles. The average Bonchev–Trinajstić information content (AvgIpc) is 1.87. The van der Waals surface area contributed by atoms with E-state index in [4.69, 9.17) is 25.5 Å². The van der Waals surface area contributed by atoms with Crippen molar-refractivity contribution in [1.29, 1.82) is 0 Å². The summed E-state index contributed by atoms with van der Waals surface area (Å²) in [5, 5.41) is 0.456. The van der Waals surface area contributed by atoms with Crippen LogP contribution in [-0.4, -0.2) is 46.9 Å². The molecule has 0 radical (unpaired) electrons. The van der Waals surface area contributed by atoms with E-state index in [1.165, 1.54) is 0 Å². The van der Waals surface area contributed by atoms with Crippen LogP contribution in [0.4, 0.5) is 0 Å². The van der Waals surface area contributed by atoms with Gasteiger partial charge in [0, 0.05) is 27.7 Å². The van der Waals surface area contributed by atoms with Crippen LogP contribution in [0.1, 0.15) is 6.92 Å².